The summed E-state index contributed by atoms with van der Waals surface area (Å²) >= 11 is 14.5. The van der Waals surface area contributed by atoms with Gasteiger partial charge in [0.25, 0.3) is 0 Å². The number of alkyl halides is 1. The number of rotatable bonds is 2. The number of benzene rings is 1. The molecule has 92 valence electrons. The third-order valence-corrected chi connectivity index (χ3v) is 7.51. The van der Waals surface area contributed by atoms with Gasteiger partial charge in [-0.3, -0.25) is 0 Å². The van der Waals surface area contributed by atoms with Gasteiger partial charge in [0.2, 0.25) is 0 Å². The summed E-state index contributed by atoms with van der Waals surface area (Å²) in [5.74, 6) is 0. The first-order chi connectivity index (χ1) is 8.65. The largest absolute Gasteiger partial charge is 0.139 e. The fraction of sp³-hybridized carbons (Fsp3) is 0.0769. The Balaban J connectivity index is 2.06. The topological polar surface area (TPSA) is 0 Å². The molecule has 1 atom stereocenters. The van der Waals surface area contributed by atoms with Crippen LogP contribution < -0.4 is 0 Å². The first-order valence-corrected chi connectivity index (χ1v) is 9.36. The minimum atomic E-state index is 0.242. The highest BCUT2D eigenvalue weighted by Gasteiger charge is 2.18. The van der Waals surface area contributed by atoms with Crippen molar-refractivity contribution in [1.82, 2.24) is 0 Å². The van der Waals surface area contributed by atoms with Crippen LogP contribution in [-0.4, -0.2) is 0 Å². The van der Waals surface area contributed by atoms with E-state index in [9.17, 15) is 0 Å². The molecule has 0 aliphatic rings. The summed E-state index contributed by atoms with van der Waals surface area (Å²) in [7, 11) is 0. The van der Waals surface area contributed by atoms with Gasteiger partial charge in [-0.1, -0.05) is 34.1 Å². The zero-order valence-corrected chi connectivity index (χ0v) is 15.4. The molecule has 0 saturated heterocycles. The highest BCUT2D eigenvalue weighted by Crippen LogP contribution is 2.44. The summed E-state index contributed by atoms with van der Waals surface area (Å²) in [5, 5.41) is 1.31. The zero-order chi connectivity index (χ0) is 12.7. The number of fused-ring (bicyclic) bond motifs is 1. The molecule has 0 radical (unpaired) electrons. The van der Waals surface area contributed by atoms with Crippen molar-refractivity contribution in [2.24, 2.45) is 0 Å². The fourth-order valence-corrected chi connectivity index (χ4v) is 7.00. The fourth-order valence-electron chi connectivity index (χ4n) is 1.81. The van der Waals surface area contributed by atoms with Gasteiger partial charge in [0.1, 0.15) is 0 Å². The Morgan fingerprint density at radius 3 is 2.44 bits per heavy atom. The van der Waals surface area contributed by atoms with Crippen LogP contribution in [0.25, 0.3) is 10.1 Å². The second-order valence-electron chi connectivity index (χ2n) is 3.83. The monoisotopic (exact) mass is 464 g/mol. The lowest BCUT2D eigenvalue weighted by Gasteiger charge is -2.05. The van der Waals surface area contributed by atoms with Gasteiger partial charge >= 0.3 is 0 Å². The van der Waals surface area contributed by atoms with E-state index in [4.69, 9.17) is 0 Å². The van der Waals surface area contributed by atoms with Crippen LogP contribution in [0.2, 0.25) is 0 Å². The molecule has 5 heteroatoms. The van der Waals surface area contributed by atoms with E-state index in [1.807, 2.05) is 11.3 Å². The Kier molecular flexibility index (Phi) is 3.97. The first-order valence-electron chi connectivity index (χ1n) is 5.22. The Morgan fingerprint density at radius 2 is 1.78 bits per heavy atom. The van der Waals surface area contributed by atoms with Gasteiger partial charge < -0.3 is 0 Å². The second kappa shape index (κ2) is 5.37. The standard InChI is InChI=1S/C13H7Br3S2/c14-11-6-8(13(16)18-11)12(15)10-5-7-3-1-2-4-9(7)17-10/h1-6,12H. The van der Waals surface area contributed by atoms with Gasteiger partial charge in [0.05, 0.1) is 12.4 Å². The molecule has 0 aliphatic heterocycles. The van der Waals surface area contributed by atoms with Crippen molar-refractivity contribution in [2.45, 2.75) is 4.83 Å². The minimum Gasteiger partial charge on any atom is -0.139 e. The average molecular weight is 467 g/mol. The molecule has 0 nitrogen and oxygen atoms in total. The smallest absolute Gasteiger partial charge is 0.0758 e. The van der Waals surface area contributed by atoms with Crippen LogP contribution in [0.3, 0.4) is 0 Å². The Bertz CT molecular complexity index is 666. The predicted octanol–water partition coefficient (Wildman–Crippen LogP) is 6.97. The summed E-state index contributed by atoms with van der Waals surface area (Å²) in [6.45, 7) is 0. The lowest BCUT2D eigenvalue weighted by Crippen LogP contribution is -1.86. The highest BCUT2D eigenvalue weighted by atomic mass is 79.9. The molecule has 1 aromatic carbocycles. The molecule has 0 spiro atoms. The lowest BCUT2D eigenvalue weighted by atomic mass is 10.2. The van der Waals surface area contributed by atoms with Gasteiger partial charge in [0, 0.05) is 9.58 Å². The van der Waals surface area contributed by atoms with Crippen molar-refractivity contribution in [2.75, 3.05) is 0 Å². The second-order valence-corrected chi connectivity index (χ2v) is 9.61. The summed E-state index contributed by atoms with van der Waals surface area (Å²) in [6, 6.07) is 12.9. The molecule has 3 rings (SSSR count). The normalized spacial score (nSPS) is 13.1. The molecule has 1 unspecified atom stereocenters. The first kappa shape index (κ1) is 13.3. The van der Waals surface area contributed by atoms with Crippen LogP contribution in [0, 0.1) is 0 Å². The molecular weight excluding hydrogens is 460 g/mol. The molecule has 0 N–H and O–H groups in total. The average Bonchev–Trinajstić information content (AvgIpc) is 2.91. The number of hydrogen-bond donors (Lipinski definition) is 0. The predicted molar refractivity (Wildman–Crippen MR) is 92.3 cm³/mol. The third kappa shape index (κ3) is 2.48. The van der Waals surface area contributed by atoms with E-state index < -0.39 is 0 Å². The maximum Gasteiger partial charge on any atom is 0.0758 e. The van der Waals surface area contributed by atoms with Gasteiger partial charge in [-0.25, -0.2) is 0 Å². The van der Waals surface area contributed by atoms with Gasteiger partial charge in [0.15, 0.2) is 0 Å². The van der Waals surface area contributed by atoms with Crippen LogP contribution in [0.1, 0.15) is 15.3 Å². The SMILES string of the molecule is Brc1cc(C(Br)c2cc3ccccc3s2)c(Br)s1. The molecule has 3 aromatic rings. The quantitative estimate of drug-likeness (QED) is 0.357. The van der Waals surface area contributed by atoms with Crippen molar-refractivity contribution in [3.63, 3.8) is 0 Å². The summed E-state index contributed by atoms with van der Waals surface area (Å²) < 4.78 is 3.66. The van der Waals surface area contributed by atoms with Crippen molar-refractivity contribution in [1.29, 1.82) is 0 Å². The van der Waals surface area contributed by atoms with Crippen molar-refractivity contribution in [3.05, 3.63) is 54.4 Å². The van der Waals surface area contributed by atoms with E-state index >= 15 is 0 Å². The zero-order valence-electron chi connectivity index (χ0n) is 8.99. The van der Waals surface area contributed by atoms with E-state index in [0.29, 0.717) is 0 Å². The van der Waals surface area contributed by atoms with E-state index in [1.165, 1.54) is 24.3 Å². The molecular formula is C13H7Br3S2. The molecule has 0 aliphatic carbocycles. The number of halogens is 3. The minimum absolute atomic E-state index is 0.242. The summed E-state index contributed by atoms with van der Waals surface area (Å²) in [6.07, 6.45) is 0. The lowest BCUT2D eigenvalue weighted by molar-refractivity contribution is 1.24. The molecule has 2 heterocycles. The van der Waals surface area contributed by atoms with E-state index in [1.54, 1.807) is 11.3 Å². The van der Waals surface area contributed by atoms with Crippen LogP contribution in [0.15, 0.2) is 44.0 Å². The molecule has 0 bridgehead atoms. The van der Waals surface area contributed by atoms with Gasteiger partial charge in [-0.15, -0.1) is 22.7 Å². The highest BCUT2D eigenvalue weighted by molar-refractivity contribution is 9.12. The van der Waals surface area contributed by atoms with Crippen LogP contribution >= 0.6 is 70.5 Å². The maximum atomic E-state index is 3.80. The van der Waals surface area contributed by atoms with Crippen molar-refractivity contribution < 1.29 is 0 Å². The van der Waals surface area contributed by atoms with Gasteiger partial charge in [-0.05, 0) is 61.0 Å². The molecule has 18 heavy (non-hydrogen) atoms. The van der Waals surface area contributed by atoms with Crippen molar-refractivity contribution >= 4 is 80.5 Å². The van der Waals surface area contributed by atoms with Crippen LogP contribution in [0.4, 0.5) is 0 Å². The van der Waals surface area contributed by atoms with Crippen LogP contribution in [0.5, 0.6) is 0 Å². The summed E-state index contributed by atoms with van der Waals surface area (Å²) in [5.41, 5.74) is 1.28. The Morgan fingerprint density at radius 1 is 1.00 bits per heavy atom. The molecule has 0 fully saturated rings. The van der Waals surface area contributed by atoms with E-state index in [0.717, 1.165) is 3.79 Å². The third-order valence-electron chi connectivity index (χ3n) is 2.65. The van der Waals surface area contributed by atoms with E-state index in [2.05, 4.69) is 84.2 Å². The summed E-state index contributed by atoms with van der Waals surface area (Å²) in [4.78, 5) is 1.58. The van der Waals surface area contributed by atoms with Crippen LogP contribution in [-0.2, 0) is 0 Å². The maximum absolute atomic E-state index is 3.80. The van der Waals surface area contributed by atoms with Crippen molar-refractivity contribution in [3.8, 4) is 0 Å². The number of hydrogen-bond acceptors (Lipinski definition) is 2. The number of thiophene rings is 2. The molecule has 2 aromatic heterocycles. The van der Waals surface area contributed by atoms with E-state index in [-0.39, 0.29) is 4.83 Å². The molecule has 0 amide bonds. The molecule has 0 saturated carbocycles. The van der Waals surface area contributed by atoms with Gasteiger partial charge in [-0.2, -0.15) is 0 Å². The Hall–Kier alpha value is 0.320. The Labute approximate surface area is 138 Å².